The molecule has 2 amide bonds. The van der Waals surface area contributed by atoms with Gasteiger partial charge in [-0.15, -0.1) is 4.48 Å². The van der Waals surface area contributed by atoms with Crippen LogP contribution in [0.1, 0.15) is 0 Å². The third-order valence-corrected chi connectivity index (χ3v) is 3.67. The lowest BCUT2D eigenvalue weighted by molar-refractivity contribution is 0.202. The topological polar surface area (TPSA) is 32.3 Å². The second kappa shape index (κ2) is 5.07. The predicted molar refractivity (Wildman–Crippen MR) is 86.2 cm³/mol. The molecule has 0 unspecified atom stereocenters. The van der Waals surface area contributed by atoms with E-state index in [1.165, 1.54) is 0 Å². The summed E-state index contributed by atoms with van der Waals surface area (Å²) in [5.74, 6) is 0. The summed E-state index contributed by atoms with van der Waals surface area (Å²) < 4.78 is 0.0526. The Labute approximate surface area is 124 Å². The van der Waals surface area contributed by atoms with Gasteiger partial charge in [-0.25, -0.2) is 4.79 Å². The lowest BCUT2D eigenvalue weighted by Crippen LogP contribution is -2.51. The molecule has 106 valence electrons. The molecule has 0 saturated carbocycles. The average molecular weight is 280 g/mol. The first kappa shape index (κ1) is 13.4. The van der Waals surface area contributed by atoms with Crippen LogP contribution in [-0.2, 0) is 0 Å². The molecule has 2 aromatic carbocycles. The summed E-state index contributed by atoms with van der Waals surface area (Å²) in [6, 6.07) is 17.7. The van der Waals surface area contributed by atoms with Crippen molar-refractivity contribution in [2.75, 3.05) is 19.4 Å². The van der Waals surface area contributed by atoms with E-state index in [1.807, 2.05) is 67.0 Å². The molecule has 1 aliphatic rings. The van der Waals surface area contributed by atoms with Gasteiger partial charge in [-0.3, -0.25) is 4.90 Å². The van der Waals surface area contributed by atoms with Gasteiger partial charge in [0.1, 0.15) is 11.9 Å². The molecule has 0 fully saturated rings. The maximum Gasteiger partial charge on any atom is 0.433 e. The molecule has 4 heteroatoms. The smallest absolute Gasteiger partial charge is 0.352 e. The number of anilines is 1. The number of carbonyl (C=O) groups excluding carboxylic acids is 1. The Hall–Kier alpha value is -2.59. The third-order valence-electron chi connectivity index (χ3n) is 3.67. The van der Waals surface area contributed by atoms with Crippen LogP contribution in [0, 0.1) is 0 Å². The van der Waals surface area contributed by atoms with Crippen LogP contribution in [0.5, 0.6) is 0 Å². The number of fused-ring (bicyclic) bond motifs is 1. The van der Waals surface area contributed by atoms with E-state index in [9.17, 15) is 4.79 Å². The Morgan fingerprint density at radius 1 is 1.00 bits per heavy atom. The van der Waals surface area contributed by atoms with Crippen molar-refractivity contribution in [3.05, 3.63) is 67.0 Å². The number of amides is 2. The van der Waals surface area contributed by atoms with Crippen molar-refractivity contribution in [1.29, 1.82) is 0 Å². The molecule has 0 aliphatic carbocycles. The number of hydrogen-bond donors (Lipinski definition) is 1. The fourth-order valence-corrected chi connectivity index (χ4v) is 2.70. The standard InChI is InChI=1S/C17H18N3O/c1-19(2)17(21)20(14-8-4-3-5-9-14)13-12-18-15-10-6-7-11-16(15)20/h3-13,18H,1-2H3/q+1/t20-/m0/s1. The lowest BCUT2D eigenvalue weighted by Gasteiger charge is -2.36. The Morgan fingerprint density at radius 2 is 1.67 bits per heavy atom. The minimum atomic E-state index is -0.00796. The molecular weight excluding hydrogens is 262 g/mol. The van der Waals surface area contributed by atoms with Crippen LogP contribution in [0.15, 0.2) is 67.0 Å². The fraction of sp³-hybridized carbons (Fsp3) is 0.118. The fourth-order valence-electron chi connectivity index (χ4n) is 2.70. The molecule has 21 heavy (non-hydrogen) atoms. The van der Waals surface area contributed by atoms with Gasteiger partial charge in [0.2, 0.25) is 0 Å². The highest BCUT2D eigenvalue weighted by Gasteiger charge is 2.44. The van der Waals surface area contributed by atoms with Crippen molar-refractivity contribution in [2.24, 2.45) is 0 Å². The number of benzene rings is 2. The molecule has 1 N–H and O–H groups in total. The van der Waals surface area contributed by atoms with E-state index in [0.717, 1.165) is 17.1 Å². The predicted octanol–water partition coefficient (Wildman–Crippen LogP) is 3.90. The van der Waals surface area contributed by atoms with Gasteiger partial charge in [-0.05, 0) is 6.07 Å². The number of nitrogens with zero attached hydrogens (tertiary/aromatic N) is 2. The molecule has 0 saturated heterocycles. The van der Waals surface area contributed by atoms with Gasteiger partial charge in [-0.2, -0.15) is 0 Å². The zero-order chi connectivity index (χ0) is 14.9. The number of carbonyl (C=O) groups is 1. The second-order valence-electron chi connectivity index (χ2n) is 5.21. The minimum Gasteiger partial charge on any atom is -0.352 e. The third kappa shape index (κ3) is 2.00. The first-order chi connectivity index (χ1) is 10.2. The van der Waals surface area contributed by atoms with Crippen LogP contribution in [0.4, 0.5) is 21.9 Å². The van der Waals surface area contributed by atoms with Crippen LogP contribution in [0.3, 0.4) is 0 Å². The molecule has 0 spiro atoms. The van der Waals surface area contributed by atoms with E-state index in [4.69, 9.17) is 0 Å². The summed E-state index contributed by atoms with van der Waals surface area (Å²) in [4.78, 5) is 14.6. The summed E-state index contributed by atoms with van der Waals surface area (Å²) in [5, 5.41) is 3.21. The highest BCUT2D eigenvalue weighted by atomic mass is 16.2. The van der Waals surface area contributed by atoms with Crippen LogP contribution >= 0.6 is 0 Å². The number of para-hydroxylation sites is 3. The zero-order valence-electron chi connectivity index (χ0n) is 12.2. The summed E-state index contributed by atoms with van der Waals surface area (Å²) in [5.41, 5.74) is 2.78. The molecule has 0 aromatic heterocycles. The molecule has 1 atom stereocenters. The number of nitrogens with one attached hydrogen (secondary N) is 1. The van der Waals surface area contributed by atoms with Gasteiger partial charge in [0, 0.05) is 32.3 Å². The van der Waals surface area contributed by atoms with E-state index in [2.05, 4.69) is 5.32 Å². The van der Waals surface area contributed by atoms with Crippen molar-refractivity contribution in [2.45, 2.75) is 0 Å². The minimum absolute atomic E-state index is 0.00796. The number of urea groups is 1. The van der Waals surface area contributed by atoms with Gasteiger partial charge < -0.3 is 5.32 Å². The van der Waals surface area contributed by atoms with E-state index >= 15 is 0 Å². The van der Waals surface area contributed by atoms with E-state index < -0.39 is 0 Å². The average Bonchev–Trinajstić information content (AvgIpc) is 2.54. The molecule has 4 nitrogen and oxygen atoms in total. The van der Waals surface area contributed by atoms with Gasteiger partial charge >= 0.3 is 6.03 Å². The van der Waals surface area contributed by atoms with Crippen molar-refractivity contribution in [3.8, 4) is 0 Å². The Morgan fingerprint density at radius 3 is 2.38 bits per heavy atom. The number of rotatable bonds is 1. The SMILES string of the molecule is CN(C)C(=O)[N@+]1(c2ccccc2)C=CNc2ccccc21. The van der Waals surface area contributed by atoms with Crippen molar-refractivity contribution in [3.63, 3.8) is 0 Å². The summed E-state index contributed by atoms with van der Waals surface area (Å²) in [7, 11) is 3.56. The van der Waals surface area contributed by atoms with Crippen LogP contribution in [-0.4, -0.2) is 25.0 Å². The van der Waals surface area contributed by atoms with E-state index in [0.29, 0.717) is 0 Å². The van der Waals surface area contributed by atoms with Crippen LogP contribution in [0.25, 0.3) is 0 Å². The molecule has 1 heterocycles. The number of quaternary nitrogens is 1. The molecule has 0 bridgehead atoms. The van der Waals surface area contributed by atoms with Gasteiger partial charge in [0.25, 0.3) is 0 Å². The Bertz CT molecular complexity index is 694. The first-order valence-electron chi connectivity index (χ1n) is 6.86. The molecule has 2 aromatic rings. The molecular formula is C17H18N3O+. The quantitative estimate of drug-likeness (QED) is 0.803. The lowest BCUT2D eigenvalue weighted by atomic mass is 10.1. The molecule has 1 aliphatic heterocycles. The summed E-state index contributed by atoms with van der Waals surface area (Å²) in [6.07, 6.45) is 3.72. The monoisotopic (exact) mass is 280 g/mol. The summed E-state index contributed by atoms with van der Waals surface area (Å²) in [6.45, 7) is 0. The second-order valence-corrected chi connectivity index (χ2v) is 5.21. The van der Waals surface area contributed by atoms with Crippen molar-refractivity contribution >= 4 is 23.1 Å². The van der Waals surface area contributed by atoms with Gasteiger partial charge in [0.15, 0.2) is 11.4 Å². The molecule has 3 rings (SSSR count). The zero-order valence-corrected chi connectivity index (χ0v) is 12.2. The largest absolute Gasteiger partial charge is 0.433 e. The van der Waals surface area contributed by atoms with E-state index in [-0.39, 0.29) is 10.5 Å². The Kier molecular flexibility index (Phi) is 3.23. The normalized spacial score (nSPS) is 19.5. The maximum absolute atomic E-state index is 13.0. The van der Waals surface area contributed by atoms with Gasteiger partial charge in [0.05, 0.1) is 6.20 Å². The van der Waals surface area contributed by atoms with E-state index in [1.54, 1.807) is 19.0 Å². The molecule has 0 radical (unpaired) electrons. The van der Waals surface area contributed by atoms with Crippen molar-refractivity contribution < 1.29 is 4.79 Å². The van der Waals surface area contributed by atoms with Crippen molar-refractivity contribution in [1.82, 2.24) is 9.38 Å². The summed E-state index contributed by atoms with van der Waals surface area (Å²) >= 11 is 0. The van der Waals surface area contributed by atoms with Crippen LogP contribution < -0.4 is 9.80 Å². The first-order valence-corrected chi connectivity index (χ1v) is 6.86. The Balaban J connectivity index is 2.30. The highest BCUT2D eigenvalue weighted by molar-refractivity contribution is 5.99. The number of hydrogen-bond acceptors (Lipinski definition) is 2. The maximum atomic E-state index is 13.0. The highest BCUT2D eigenvalue weighted by Crippen LogP contribution is 2.43. The van der Waals surface area contributed by atoms with Gasteiger partial charge in [-0.1, -0.05) is 30.3 Å². The van der Waals surface area contributed by atoms with Crippen LogP contribution in [0.2, 0.25) is 0 Å².